The number of esters is 2. The van der Waals surface area contributed by atoms with Crippen molar-refractivity contribution in [2.24, 2.45) is 11.8 Å². The molecule has 0 saturated heterocycles. The summed E-state index contributed by atoms with van der Waals surface area (Å²) < 4.78 is 88.3. The van der Waals surface area contributed by atoms with Crippen LogP contribution in [0.2, 0.25) is 0 Å². The smallest absolute Gasteiger partial charge is 1.00 e. The Kier molecular flexibility index (Phi) is 38.4. The zero-order valence-electron chi connectivity index (χ0n) is 34.8. The van der Waals surface area contributed by atoms with Gasteiger partial charge in [0.1, 0.15) is 0 Å². The van der Waals surface area contributed by atoms with Crippen LogP contribution in [0.1, 0.15) is 128 Å². The average Bonchev–Trinajstić information content (AvgIpc) is 3.08. The number of hydrogen-bond acceptors (Lipinski definition) is 14. The molecule has 0 aromatic heterocycles. The van der Waals surface area contributed by atoms with Gasteiger partial charge in [-0.15, -0.1) is 0 Å². The summed E-state index contributed by atoms with van der Waals surface area (Å²) in [7, 11) is -11.1. The van der Waals surface area contributed by atoms with Gasteiger partial charge in [-0.25, -0.2) is 0 Å². The van der Waals surface area contributed by atoms with E-state index in [0.29, 0.717) is 39.6 Å². The summed E-state index contributed by atoms with van der Waals surface area (Å²) in [5.74, 6) is -1.61. The van der Waals surface area contributed by atoms with Gasteiger partial charge in [0, 0.05) is 0 Å². The van der Waals surface area contributed by atoms with Crippen LogP contribution < -0.4 is 29.6 Å². The van der Waals surface area contributed by atoms with Crippen molar-refractivity contribution in [1.29, 1.82) is 0 Å². The molecule has 0 aromatic rings. The van der Waals surface area contributed by atoms with E-state index in [9.17, 15) is 22.6 Å². The van der Waals surface area contributed by atoms with Gasteiger partial charge in [-0.05, 0) is 24.7 Å². The van der Waals surface area contributed by atoms with Crippen LogP contribution in [0.4, 0.5) is 0 Å². The van der Waals surface area contributed by atoms with E-state index in [1.165, 1.54) is 0 Å². The molecule has 20 heteroatoms. The molecule has 3 unspecified atom stereocenters. The molecule has 0 aliphatic carbocycles. The Morgan fingerprint density at radius 3 is 1.27 bits per heavy atom. The number of unbranched alkanes of at least 4 members (excludes halogenated alkanes) is 2. The van der Waals surface area contributed by atoms with Crippen LogP contribution in [0.5, 0.6) is 0 Å². The molecule has 52 heavy (non-hydrogen) atoms. The van der Waals surface area contributed by atoms with Gasteiger partial charge in [-0.3, -0.25) is 14.1 Å². The third-order valence-electron chi connectivity index (χ3n) is 7.26. The molecule has 0 heterocycles. The molecule has 0 rings (SSSR count). The second kappa shape index (κ2) is 35.0. The summed E-state index contributed by atoms with van der Waals surface area (Å²) in [6.45, 7) is 22.2. The minimum Gasteiger partial charge on any atom is -1.00 e. The van der Waals surface area contributed by atoms with Gasteiger partial charge in [0.25, 0.3) is 10.1 Å². The third-order valence-corrected chi connectivity index (χ3v) is 18.6. The quantitative estimate of drug-likeness (QED) is 0.0591. The van der Waals surface area contributed by atoms with Crippen molar-refractivity contribution in [2.75, 3.05) is 52.9 Å². The van der Waals surface area contributed by atoms with Crippen LogP contribution in [-0.4, -0.2) is 123 Å². The van der Waals surface area contributed by atoms with Gasteiger partial charge in [0.15, 0.2) is 5.25 Å². The molecular weight excluding hydrogens is 854 g/mol. The van der Waals surface area contributed by atoms with Crippen molar-refractivity contribution in [2.45, 2.75) is 132 Å². The molecule has 306 valence electrons. The van der Waals surface area contributed by atoms with Gasteiger partial charge in [0.05, 0.1) is 19.6 Å². The minimum absolute atomic E-state index is 0. The van der Waals surface area contributed by atoms with E-state index in [1.807, 2.05) is 55.4 Å². The van der Waals surface area contributed by atoms with E-state index in [0.717, 1.165) is 51.4 Å². The second-order valence-electron chi connectivity index (χ2n) is 11.2. The molecule has 0 aromatic carbocycles. The van der Waals surface area contributed by atoms with Gasteiger partial charge in [0.2, 0.25) is 0 Å². The zero-order valence-corrected chi connectivity index (χ0v) is 41.5. The first-order chi connectivity index (χ1) is 24.3. The van der Waals surface area contributed by atoms with Crippen molar-refractivity contribution in [3.8, 4) is 0 Å². The third kappa shape index (κ3) is 26.6. The molecule has 1 N–H and O–H groups in total. The fourth-order valence-electron chi connectivity index (χ4n) is 4.43. The summed E-state index contributed by atoms with van der Waals surface area (Å²) in [4.78, 5) is 24.2. The van der Waals surface area contributed by atoms with Crippen molar-refractivity contribution in [3.05, 3.63) is 0 Å². The number of carbonyl (C=O) groups is 2. The maximum absolute atomic E-state index is 12.2. The maximum atomic E-state index is 12.2. The van der Waals surface area contributed by atoms with Crippen LogP contribution in [-0.2, 0) is 61.3 Å². The Bertz CT molecular complexity index is 935. The van der Waals surface area contributed by atoms with E-state index in [4.69, 9.17) is 41.6 Å². The topological polar surface area (TPSA) is 181 Å². The SMILES string of the molecule is CCCCC(CC)COC(=O)CC(C(=O)OCC(CC)CCCC)S(=O)(=O)O.CCO[Si](OCC)(OCC)[O][Sn][O][Si](OCC)(OCC)OCC.[H-].[Na+]. The maximum Gasteiger partial charge on any atom is 1.00 e. The van der Waals surface area contributed by atoms with Crippen LogP contribution in [0, 0.1) is 11.8 Å². The second-order valence-corrected chi connectivity index (χ2v) is 20.9. The molecule has 0 saturated carbocycles. The number of hydrogen-bond donors (Lipinski definition) is 1. The standard InChI is InChI=1S/C20H38O7S.2C6H15O4Si.Na.Sn.H/c1-5-9-11-16(7-3)14-26-19(21)13-18(28(23,24)25)20(22)27-15-17(8-4)12-10-6-2;2*1-4-8-11(7,9-5-2)10-6-3;;;/h16-18H,5-15H2,1-4H3,(H,23,24,25);2*4-6H2,1-3H3;;;/q;2*-1;+1;+2;-1. The first kappa shape index (κ1) is 57.1. The molecule has 3 atom stereocenters. The van der Waals surface area contributed by atoms with Crippen LogP contribution in [0.3, 0.4) is 0 Å². The fourth-order valence-corrected chi connectivity index (χ4v) is 14.3. The summed E-state index contributed by atoms with van der Waals surface area (Å²) in [6, 6.07) is 0. The monoisotopic (exact) mass is 924 g/mol. The van der Waals surface area contributed by atoms with E-state index >= 15 is 0 Å². The molecular formula is C32H69NaO15SSi2Sn. The van der Waals surface area contributed by atoms with Crippen molar-refractivity contribution in [3.63, 3.8) is 0 Å². The largest absolute Gasteiger partial charge is 1.00 e. The molecule has 0 aliphatic heterocycles. The summed E-state index contributed by atoms with van der Waals surface area (Å²) in [6.07, 6.45) is 6.74. The predicted molar refractivity (Wildman–Crippen MR) is 199 cm³/mol. The van der Waals surface area contributed by atoms with E-state index in [1.54, 1.807) is 0 Å². The number of carbonyl (C=O) groups excluding carboxylic acids is 2. The van der Waals surface area contributed by atoms with Gasteiger partial charge in [-0.1, -0.05) is 66.2 Å². The van der Waals surface area contributed by atoms with Crippen LogP contribution >= 0.6 is 0 Å². The van der Waals surface area contributed by atoms with Crippen molar-refractivity contribution < 1.29 is 95.1 Å². The molecule has 0 fully saturated rings. The Morgan fingerprint density at radius 1 is 0.635 bits per heavy atom. The van der Waals surface area contributed by atoms with Crippen LogP contribution in [0.15, 0.2) is 0 Å². The van der Waals surface area contributed by atoms with Gasteiger partial charge < -0.3 is 10.9 Å². The molecule has 0 spiro atoms. The Balaban J connectivity index is -0.000000444. The molecule has 15 nitrogen and oxygen atoms in total. The zero-order chi connectivity index (χ0) is 39.2. The van der Waals surface area contributed by atoms with Gasteiger partial charge >= 0.3 is 195 Å². The van der Waals surface area contributed by atoms with Crippen molar-refractivity contribution >= 4 is 62.1 Å². The van der Waals surface area contributed by atoms with Gasteiger partial charge in [-0.2, -0.15) is 8.42 Å². The predicted octanol–water partition coefficient (Wildman–Crippen LogP) is 2.91. The summed E-state index contributed by atoms with van der Waals surface area (Å²) >= 11 is -1.86. The Morgan fingerprint density at radius 2 is 0.981 bits per heavy atom. The Hall–Kier alpha value is 0.762. The number of rotatable bonds is 32. The minimum atomic E-state index is -4.76. The normalized spacial score (nSPS) is 13.7. The van der Waals surface area contributed by atoms with E-state index in [-0.39, 0.29) is 56.0 Å². The Labute approximate surface area is 351 Å². The summed E-state index contributed by atoms with van der Waals surface area (Å²) in [5, 5.41) is -1.95. The molecule has 0 bridgehead atoms. The average molecular weight is 924 g/mol. The fraction of sp³-hybridized carbons (Fsp3) is 0.938. The van der Waals surface area contributed by atoms with E-state index < -0.39 is 73.8 Å². The van der Waals surface area contributed by atoms with Crippen molar-refractivity contribution in [1.82, 2.24) is 0 Å². The molecule has 0 aliphatic rings. The summed E-state index contributed by atoms with van der Waals surface area (Å²) in [5.41, 5.74) is 0. The van der Waals surface area contributed by atoms with Crippen LogP contribution in [0.25, 0.3) is 0 Å². The van der Waals surface area contributed by atoms with E-state index in [2.05, 4.69) is 13.8 Å². The molecule has 2 radical (unpaired) electrons. The number of ether oxygens (including phenoxy) is 2. The molecule has 0 amide bonds. The first-order valence-electron chi connectivity index (χ1n) is 18.5. The first-order valence-corrected chi connectivity index (χ1v) is 25.6.